The van der Waals surface area contributed by atoms with Gasteiger partial charge in [-0.15, -0.1) is 11.8 Å². The first-order valence-corrected chi connectivity index (χ1v) is 7.79. The van der Waals surface area contributed by atoms with Crippen LogP contribution in [-0.4, -0.2) is 11.8 Å². The lowest BCUT2D eigenvalue weighted by Crippen LogP contribution is -2.29. The number of rotatable bonds is 4. The number of hydrogen-bond donors (Lipinski definition) is 1. The highest BCUT2D eigenvalue weighted by molar-refractivity contribution is 8.00. The molecule has 0 aliphatic carbocycles. The first kappa shape index (κ1) is 12.8. The van der Waals surface area contributed by atoms with Crippen molar-refractivity contribution in [3.05, 3.63) is 65.7 Å². The fraction of sp³-hybridized carbons (Fsp3) is 0.294. The van der Waals surface area contributed by atoms with E-state index in [2.05, 4.69) is 66.8 Å². The highest BCUT2D eigenvalue weighted by atomic mass is 32.2. The average Bonchev–Trinajstić information content (AvgIpc) is 2.89. The van der Waals surface area contributed by atoms with Crippen molar-refractivity contribution in [2.45, 2.75) is 29.5 Å². The topological polar surface area (TPSA) is 12.0 Å². The Labute approximate surface area is 119 Å². The van der Waals surface area contributed by atoms with Gasteiger partial charge in [0.25, 0.3) is 0 Å². The Balaban J connectivity index is 1.84. The van der Waals surface area contributed by atoms with Gasteiger partial charge in [0.05, 0.1) is 0 Å². The van der Waals surface area contributed by atoms with Crippen molar-refractivity contribution < 1.29 is 0 Å². The normalized spacial score (nSPS) is 19.1. The number of thioether (sulfide) groups is 1. The molecule has 2 heteroatoms. The molecule has 1 heterocycles. The predicted octanol–water partition coefficient (Wildman–Crippen LogP) is 4.05. The van der Waals surface area contributed by atoms with Crippen LogP contribution in [0.2, 0.25) is 0 Å². The van der Waals surface area contributed by atoms with E-state index in [9.17, 15) is 0 Å². The molecule has 2 aromatic rings. The molecule has 98 valence electrons. The van der Waals surface area contributed by atoms with Crippen LogP contribution >= 0.6 is 11.8 Å². The molecule has 3 rings (SSSR count). The molecular weight excluding hydrogens is 250 g/mol. The third-order valence-electron chi connectivity index (χ3n) is 3.63. The summed E-state index contributed by atoms with van der Waals surface area (Å²) in [7, 11) is 0. The highest BCUT2D eigenvalue weighted by Gasteiger charge is 2.29. The van der Waals surface area contributed by atoms with E-state index in [0.717, 1.165) is 13.0 Å². The Morgan fingerprint density at radius 2 is 1.84 bits per heavy atom. The second kappa shape index (κ2) is 5.81. The summed E-state index contributed by atoms with van der Waals surface area (Å²) in [6, 6.07) is 20.0. The SMILES string of the molecule is CCNC(c1ccccc1)C1Cc2ccccc2S1. The Kier molecular flexibility index (Phi) is 3.90. The molecule has 0 saturated carbocycles. The van der Waals surface area contributed by atoms with Gasteiger partial charge >= 0.3 is 0 Å². The largest absolute Gasteiger partial charge is 0.309 e. The zero-order valence-corrected chi connectivity index (χ0v) is 12.0. The molecule has 2 unspecified atom stereocenters. The van der Waals surface area contributed by atoms with E-state index in [-0.39, 0.29) is 0 Å². The molecule has 0 spiro atoms. The van der Waals surface area contributed by atoms with Crippen LogP contribution in [0.15, 0.2) is 59.5 Å². The molecule has 0 saturated heterocycles. The zero-order chi connectivity index (χ0) is 13.1. The number of hydrogen-bond acceptors (Lipinski definition) is 2. The van der Waals surface area contributed by atoms with Crippen molar-refractivity contribution in [1.29, 1.82) is 0 Å². The van der Waals surface area contributed by atoms with Gasteiger partial charge in [0.15, 0.2) is 0 Å². The first-order chi connectivity index (χ1) is 9.38. The van der Waals surface area contributed by atoms with E-state index in [0.29, 0.717) is 11.3 Å². The van der Waals surface area contributed by atoms with Crippen molar-refractivity contribution in [2.24, 2.45) is 0 Å². The van der Waals surface area contributed by atoms with Gasteiger partial charge in [-0.05, 0) is 30.2 Å². The number of benzene rings is 2. The summed E-state index contributed by atoms with van der Waals surface area (Å²) in [6.45, 7) is 3.19. The summed E-state index contributed by atoms with van der Waals surface area (Å²) in [5, 5.41) is 4.25. The molecule has 1 N–H and O–H groups in total. The lowest BCUT2D eigenvalue weighted by Gasteiger charge is -2.24. The summed E-state index contributed by atoms with van der Waals surface area (Å²) in [6.07, 6.45) is 1.16. The molecule has 0 aromatic heterocycles. The Morgan fingerprint density at radius 1 is 1.11 bits per heavy atom. The Morgan fingerprint density at radius 3 is 2.58 bits per heavy atom. The van der Waals surface area contributed by atoms with Gasteiger partial charge in [0.2, 0.25) is 0 Å². The lowest BCUT2D eigenvalue weighted by molar-refractivity contribution is 0.532. The molecule has 1 aliphatic heterocycles. The zero-order valence-electron chi connectivity index (χ0n) is 11.2. The fourth-order valence-corrected chi connectivity index (χ4v) is 4.18. The minimum atomic E-state index is 0.434. The first-order valence-electron chi connectivity index (χ1n) is 6.91. The second-order valence-corrected chi connectivity index (χ2v) is 6.20. The summed E-state index contributed by atoms with van der Waals surface area (Å²) < 4.78 is 0. The predicted molar refractivity (Wildman–Crippen MR) is 82.7 cm³/mol. The maximum atomic E-state index is 3.65. The van der Waals surface area contributed by atoms with Crippen LogP contribution in [0.1, 0.15) is 24.1 Å². The van der Waals surface area contributed by atoms with Crippen molar-refractivity contribution in [3.63, 3.8) is 0 Å². The molecule has 2 aromatic carbocycles. The molecule has 1 nitrogen and oxygen atoms in total. The van der Waals surface area contributed by atoms with Crippen LogP contribution in [0.3, 0.4) is 0 Å². The van der Waals surface area contributed by atoms with Gasteiger partial charge in [0.1, 0.15) is 0 Å². The number of fused-ring (bicyclic) bond motifs is 1. The molecule has 1 aliphatic rings. The van der Waals surface area contributed by atoms with Gasteiger partial charge in [-0.2, -0.15) is 0 Å². The molecular formula is C17H19NS. The minimum Gasteiger partial charge on any atom is -0.309 e. The van der Waals surface area contributed by atoms with Crippen LogP contribution < -0.4 is 5.32 Å². The van der Waals surface area contributed by atoms with Crippen LogP contribution in [0.25, 0.3) is 0 Å². The summed E-state index contributed by atoms with van der Waals surface area (Å²) in [5.74, 6) is 0. The molecule has 0 radical (unpaired) electrons. The van der Waals surface area contributed by atoms with Gasteiger partial charge in [-0.1, -0.05) is 55.5 Å². The Hall–Kier alpha value is -1.25. The second-order valence-electron chi connectivity index (χ2n) is 4.91. The van der Waals surface area contributed by atoms with Crippen LogP contribution in [-0.2, 0) is 6.42 Å². The molecule has 2 atom stereocenters. The van der Waals surface area contributed by atoms with Gasteiger partial charge in [0, 0.05) is 16.2 Å². The summed E-state index contributed by atoms with van der Waals surface area (Å²) >= 11 is 2.02. The van der Waals surface area contributed by atoms with Gasteiger partial charge in [-0.25, -0.2) is 0 Å². The third-order valence-corrected chi connectivity index (χ3v) is 5.02. The van der Waals surface area contributed by atoms with E-state index in [1.165, 1.54) is 16.0 Å². The van der Waals surface area contributed by atoms with Crippen molar-refractivity contribution in [1.82, 2.24) is 5.32 Å². The summed E-state index contributed by atoms with van der Waals surface area (Å²) in [5.41, 5.74) is 2.89. The van der Waals surface area contributed by atoms with Gasteiger partial charge in [-0.3, -0.25) is 0 Å². The average molecular weight is 269 g/mol. The minimum absolute atomic E-state index is 0.434. The van der Waals surface area contributed by atoms with Crippen molar-refractivity contribution in [3.8, 4) is 0 Å². The Bertz CT molecular complexity index is 513. The van der Waals surface area contributed by atoms with Crippen LogP contribution in [0.5, 0.6) is 0 Å². The molecule has 0 amide bonds. The monoisotopic (exact) mass is 269 g/mol. The van der Waals surface area contributed by atoms with Crippen LogP contribution in [0.4, 0.5) is 0 Å². The smallest absolute Gasteiger partial charge is 0.0447 e. The van der Waals surface area contributed by atoms with Crippen molar-refractivity contribution in [2.75, 3.05) is 6.54 Å². The summed E-state index contributed by atoms with van der Waals surface area (Å²) in [4.78, 5) is 1.45. The van der Waals surface area contributed by atoms with E-state index in [1.807, 2.05) is 11.8 Å². The fourth-order valence-electron chi connectivity index (χ4n) is 2.74. The van der Waals surface area contributed by atoms with E-state index in [1.54, 1.807) is 0 Å². The maximum Gasteiger partial charge on any atom is 0.0447 e. The van der Waals surface area contributed by atoms with Crippen LogP contribution in [0, 0.1) is 0 Å². The van der Waals surface area contributed by atoms with Gasteiger partial charge < -0.3 is 5.32 Å². The van der Waals surface area contributed by atoms with E-state index < -0.39 is 0 Å². The highest BCUT2D eigenvalue weighted by Crippen LogP contribution is 2.42. The molecule has 0 fully saturated rings. The quantitative estimate of drug-likeness (QED) is 0.898. The van der Waals surface area contributed by atoms with E-state index >= 15 is 0 Å². The van der Waals surface area contributed by atoms with Crippen molar-refractivity contribution >= 4 is 11.8 Å². The van der Waals surface area contributed by atoms with E-state index in [4.69, 9.17) is 0 Å². The molecule has 19 heavy (non-hydrogen) atoms. The maximum absolute atomic E-state index is 3.65. The standard InChI is InChI=1S/C17H19NS/c1-2-18-17(13-8-4-3-5-9-13)16-12-14-10-6-7-11-15(14)19-16/h3-11,16-18H,2,12H2,1H3. The third kappa shape index (κ3) is 2.70. The molecule has 0 bridgehead atoms. The number of nitrogens with one attached hydrogen (secondary N) is 1. The lowest BCUT2D eigenvalue weighted by atomic mass is 9.99.